The van der Waals surface area contributed by atoms with E-state index in [-0.39, 0.29) is 0 Å². The summed E-state index contributed by atoms with van der Waals surface area (Å²) in [5, 5.41) is 10.3. The SMILES string of the molecule is COc1ccc([C@@H](O)Cc2ccccc2)cc1OC. The van der Waals surface area contributed by atoms with Crippen LogP contribution < -0.4 is 9.47 Å². The number of methoxy groups -OCH3 is 2. The van der Waals surface area contributed by atoms with Gasteiger partial charge < -0.3 is 14.6 Å². The summed E-state index contributed by atoms with van der Waals surface area (Å²) in [5.41, 5.74) is 1.92. The summed E-state index contributed by atoms with van der Waals surface area (Å²) in [7, 11) is 3.18. The highest BCUT2D eigenvalue weighted by molar-refractivity contribution is 5.43. The van der Waals surface area contributed by atoms with Crippen molar-refractivity contribution in [3.05, 3.63) is 59.7 Å². The fourth-order valence-corrected chi connectivity index (χ4v) is 2.02. The molecule has 0 aliphatic heterocycles. The molecule has 0 fully saturated rings. The van der Waals surface area contributed by atoms with Gasteiger partial charge in [-0.05, 0) is 23.3 Å². The Morgan fingerprint density at radius 3 is 2.26 bits per heavy atom. The van der Waals surface area contributed by atoms with E-state index >= 15 is 0 Å². The Hall–Kier alpha value is -2.00. The molecule has 2 aromatic rings. The summed E-state index contributed by atoms with van der Waals surface area (Å²) in [6.07, 6.45) is 0.0262. The number of hydrogen-bond donors (Lipinski definition) is 1. The van der Waals surface area contributed by atoms with Crippen LogP contribution in [0.4, 0.5) is 0 Å². The lowest BCUT2D eigenvalue weighted by atomic mass is 10.0. The third kappa shape index (κ3) is 3.26. The van der Waals surface area contributed by atoms with Crippen molar-refractivity contribution in [2.24, 2.45) is 0 Å². The van der Waals surface area contributed by atoms with E-state index in [1.165, 1.54) is 0 Å². The maximum Gasteiger partial charge on any atom is 0.161 e. The Morgan fingerprint density at radius 2 is 1.63 bits per heavy atom. The Labute approximate surface area is 113 Å². The number of ether oxygens (including phenoxy) is 2. The summed E-state index contributed by atoms with van der Waals surface area (Å²) < 4.78 is 10.4. The van der Waals surface area contributed by atoms with Gasteiger partial charge in [-0.15, -0.1) is 0 Å². The predicted molar refractivity (Wildman–Crippen MR) is 74.7 cm³/mol. The molecule has 19 heavy (non-hydrogen) atoms. The normalized spacial score (nSPS) is 11.9. The van der Waals surface area contributed by atoms with Gasteiger partial charge in [0.1, 0.15) is 0 Å². The Kier molecular flexibility index (Phi) is 4.42. The molecule has 0 spiro atoms. The monoisotopic (exact) mass is 258 g/mol. The molecule has 0 unspecified atom stereocenters. The molecule has 2 aromatic carbocycles. The molecular weight excluding hydrogens is 240 g/mol. The third-order valence-electron chi connectivity index (χ3n) is 3.06. The number of aliphatic hydroxyl groups excluding tert-OH is 1. The highest BCUT2D eigenvalue weighted by Crippen LogP contribution is 2.30. The molecule has 3 heteroatoms. The molecule has 0 amide bonds. The van der Waals surface area contributed by atoms with E-state index < -0.39 is 6.10 Å². The van der Waals surface area contributed by atoms with Gasteiger partial charge in [-0.1, -0.05) is 36.4 Å². The van der Waals surface area contributed by atoms with E-state index in [1.807, 2.05) is 48.5 Å². The summed E-state index contributed by atoms with van der Waals surface area (Å²) in [4.78, 5) is 0. The molecule has 1 N–H and O–H groups in total. The minimum Gasteiger partial charge on any atom is -0.493 e. The quantitative estimate of drug-likeness (QED) is 0.896. The summed E-state index contributed by atoms with van der Waals surface area (Å²) in [6.45, 7) is 0. The van der Waals surface area contributed by atoms with Gasteiger partial charge in [0.2, 0.25) is 0 Å². The average molecular weight is 258 g/mol. The van der Waals surface area contributed by atoms with Crippen molar-refractivity contribution in [3.8, 4) is 11.5 Å². The second-order valence-electron chi connectivity index (χ2n) is 4.32. The molecule has 0 aromatic heterocycles. The molecule has 0 saturated heterocycles. The zero-order chi connectivity index (χ0) is 13.7. The van der Waals surface area contributed by atoms with Gasteiger partial charge in [0.05, 0.1) is 20.3 Å². The fourth-order valence-electron chi connectivity index (χ4n) is 2.02. The van der Waals surface area contributed by atoms with E-state index in [0.717, 1.165) is 11.1 Å². The van der Waals surface area contributed by atoms with Crippen LogP contribution in [0.15, 0.2) is 48.5 Å². The van der Waals surface area contributed by atoms with Crippen molar-refractivity contribution in [3.63, 3.8) is 0 Å². The zero-order valence-corrected chi connectivity index (χ0v) is 11.2. The molecule has 0 bridgehead atoms. The summed E-state index contributed by atoms with van der Waals surface area (Å²) in [5.74, 6) is 1.30. The Morgan fingerprint density at radius 1 is 0.947 bits per heavy atom. The fraction of sp³-hybridized carbons (Fsp3) is 0.250. The molecule has 3 nitrogen and oxygen atoms in total. The lowest BCUT2D eigenvalue weighted by Crippen LogP contribution is -2.02. The van der Waals surface area contributed by atoms with Gasteiger partial charge in [0.15, 0.2) is 11.5 Å². The minimum absolute atomic E-state index is 0.554. The standard InChI is InChI=1S/C16H18O3/c1-18-15-9-8-13(11-16(15)19-2)14(17)10-12-6-4-3-5-7-12/h3-9,11,14,17H,10H2,1-2H3/t14-/m0/s1. The second kappa shape index (κ2) is 6.25. The van der Waals surface area contributed by atoms with Crippen LogP contribution in [0, 0.1) is 0 Å². The first-order valence-electron chi connectivity index (χ1n) is 6.18. The minimum atomic E-state index is -0.554. The van der Waals surface area contributed by atoms with E-state index in [0.29, 0.717) is 17.9 Å². The Bertz CT molecular complexity index is 523. The maximum atomic E-state index is 10.3. The summed E-state index contributed by atoms with van der Waals surface area (Å²) in [6, 6.07) is 15.4. The molecule has 0 heterocycles. The van der Waals surface area contributed by atoms with Crippen LogP contribution in [0.5, 0.6) is 11.5 Å². The smallest absolute Gasteiger partial charge is 0.161 e. The van der Waals surface area contributed by atoms with E-state index in [2.05, 4.69) is 0 Å². The van der Waals surface area contributed by atoms with Crippen molar-refractivity contribution >= 4 is 0 Å². The van der Waals surface area contributed by atoms with Gasteiger partial charge >= 0.3 is 0 Å². The first-order valence-corrected chi connectivity index (χ1v) is 6.18. The Balaban J connectivity index is 2.17. The third-order valence-corrected chi connectivity index (χ3v) is 3.06. The topological polar surface area (TPSA) is 38.7 Å². The molecule has 0 aliphatic carbocycles. The van der Waals surface area contributed by atoms with Crippen molar-refractivity contribution in [1.29, 1.82) is 0 Å². The van der Waals surface area contributed by atoms with Crippen LogP contribution in [-0.4, -0.2) is 19.3 Å². The molecule has 100 valence electrons. The van der Waals surface area contributed by atoms with Crippen molar-refractivity contribution in [2.45, 2.75) is 12.5 Å². The van der Waals surface area contributed by atoms with E-state index in [4.69, 9.17) is 9.47 Å². The van der Waals surface area contributed by atoms with Gasteiger partial charge in [0.25, 0.3) is 0 Å². The van der Waals surface area contributed by atoms with E-state index in [1.54, 1.807) is 14.2 Å². The van der Waals surface area contributed by atoms with Gasteiger partial charge in [0, 0.05) is 6.42 Å². The molecule has 0 aliphatic rings. The average Bonchev–Trinajstić information content (AvgIpc) is 2.47. The van der Waals surface area contributed by atoms with Crippen LogP contribution in [0.25, 0.3) is 0 Å². The second-order valence-corrected chi connectivity index (χ2v) is 4.32. The van der Waals surface area contributed by atoms with Gasteiger partial charge in [-0.25, -0.2) is 0 Å². The van der Waals surface area contributed by atoms with Crippen LogP contribution in [0.3, 0.4) is 0 Å². The van der Waals surface area contributed by atoms with Crippen molar-refractivity contribution < 1.29 is 14.6 Å². The first-order chi connectivity index (χ1) is 9.24. The molecule has 0 saturated carbocycles. The van der Waals surface area contributed by atoms with E-state index in [9.17, 15) is 5.11 Å². The first kappa shape index (κ1) is 13.4. The van der Waals surface area contributed by atoms with Crippen molar-refractivity contribution in [1.82, 2.24) is 0 Å². The maximum absolute atomic E-state index is 10.3. The van der Waals surface area contributed by atoms with Gasteiger partial charge in [-0.2, -0.15) is 0 Å². The van der Waals surface area contributed by atoms with Gasteiger partial charge in [-0.3, -0.25) is 0 Å². The highest BCUT2D eigenvalue weighted by atomic mass is 16.5. The molecular formula is C16H18O3. The predicted octanol–water partition coefficient (Wildman–Crippen LogP) is 2.98. The lowest BCUT2D eigenvalue weighted by Gasteiger charge is -2.14. The highest BCUT2D eigenvalue weighted by Gasteiger charge is 2.12. The largest absolute Gasteiger partial charge is 0.493 e. The van der Waals surface area contributed by atoms with Crippen LogP contribution >= 0.6 is 0 Å². The van der Waals surface area contributed by atoms with Crippen LogP contribution in [0.1, 0.15) is 17.2 Å². The van der Waals surface area contributed by atoms with Crippen LogP contribution in [-0.2, 0) is 6.42 Å². The number of hydrogen-bond acceptors (Lipinski definition) is 3. The number of aliphatic hydroxyl groups is 1. The lowest BCUT2D eigenvalue weighted by molar-refractivity contribution is 0.178. The van der Waals surface area contributed by atoms with Crippen LogP contribution in [0.2, 0.25) is 0 Å². The molecule has 1 atom stereocenters. The summed E-state index contributed by atoms with van der Waals surface area (Å²) >= 11 is 0. The molecule has 2 rings (SSSR count). The van der Waals surface area contributed by atoms with Crippen molar-refractivity contribution in [2.75, 3.05) is 14.2 Å². The zero-order valence-electron chi connectivity index (χ0n) is 11.2. The number of benzene rings is 2. The number of rotatable bonds is 5. The molecule has 0 radical (unpaired) electrons.